The van der Waals surface area contributed by atoms with E-state index in [0.29, 0.717) is 0 Å². The number of aromatic nitrogens is 3. The van der Waals surface area contributed by atoms with Crippen LogP contribution in [0.4, 0.5) is 0 Å². The van der Waals surface area contributed by atoms with E-state index in [1.54, 1.807) is 7.11 Å². The molecule has 0 atom stereocenters. The molecule has 0 saturated carbocycles. The Bertz CT molecular complexity index is 1050. The van der Waals surface area contributed by atoms with Crippen molar-refractivity contribution in [3.05, 3.63) is 71.5 Å². The minimum absolute atomic E-state index is 0.718. The predicted octanol–water partition coefficient (Wildman–Crippen LogP) is 5.29. The van der Waals surface area contributed by atoms with Gasteiger partial charge >= 0.3 is 0 Å². The Morgan fingerprint density at radius 1 is 0.962 bits per heavy atom. The molecule has 0 N–H and O–H groups in total. The van der Waals surface area contributed by atoms with Crippen LogP contribution < -0.4 is 4.74 Å². The molecule has 0 fully saturated rings. The van der Waals surface area contributed by atoms with Crippen molar-refractivity contribution < 1.29 is 4.74 Å². The molecule has 0 unspecified atom stereocenters. The fourth-order valence-corrected chi connectivity index (χ4v) is 3.26. The number of hydrogen-bond donors (Lipinski definition) is 0. The highest BCUT2D eigenvalue weighted by molar-refractivity contribution is 6.30. The first kappa shape index (κ1) is 16.6. The number of fused-ring (bicyclic) bond motifs is 1. The van der Waals surface area contributed by atoms with Crippen molar-refractivity contribution in [2.75, 3.05) is 7.11 Å². The van der Waals surface area contributed by atoms with E-state index in [1.807, 2.05) is 65.3 Å². The smallest absolute Gasteiger partial charge is 0.163 e. The van der Waals surface area contributed by atoms with Gasteiger partial charge in [-0.2, -0.15) is 5.10 Å². The minimum Gasteiger partial charge on any atom is -0.497 e. The van der Waals surface area contributed by atoms with Crippen LogP contribution in [0.15, 0.2) is 60.8 Å². The van der Waals surface area contributed by atoms with Crippen LogP contribution in [0.5, 0.6) is 5.75 Å². The van der Waals surface area contributed by atoms with Gasteiger partial charge in [-0.1, -0.05) is 30.7 Å². The summed E-state index contributed by atoms with van der Waals surface area (Å²) in [5.74, 6) is 0.829. The van der Waals surface area contributed by atoms with Crippen molar-refractivity contribution in [1.82, 2.24) is 14.6 Å². The summed E-state index contributed by atoms with van der Waals surface area (Å²) in [5, 5.41) is 5.56. The molecule has 4 aromatic rings. The number of hydrogen-bond acceptors (Lipinski definition) is 3. The third kappa shape index (κ3) is 2.82. The first-order valence-corrected chi connectivity index (χ1v) is 8.86. The van der Waals surface area contributed by atoms with Crippen LogP contribution in [0.2, 0.25) is 5.02 Å². The molecule has 5 heteroatoms. The van der Waals surface area contributed by atoms with Gasteiger partial charge < -0.3 is 4.74 Å². The summed E-state index contributed by atoms with van der Waals surface area (Å²) in [5.41, 5.74) is 6.04. The molecule has 0 aliphatic carbocycles. The zero-order chi connectivity index (χ0) is 18.1. The molecule has 2 heterocycles. The van der Waals surface area contributed by atoms with E-state index in [1.165, 1.54) is 0 Å². The molecule has 0 amide bonds. The van der Waals surface area contributed by atoms with Gasteiger partial charge in [0.1, 0.15) is 5.75 Å². The normalized spacial score (nSPS) is 11.0. The van der Waals surface area contributed by atoms with Gasteiger partial charge in [-0.05, 0) is 54.4 Å². The highest BCUT2D eigenvalue weighted by Gasteiger charge is 2.17. The van der Waals surface area contributed by atoms with Gasteiger partial charge in [0.25, 0.3) is 0 Å². The predicted molar refractivity (Wildman–Crippen MR) is 105 cm³/mol. The van der Waals surface area contributed by atoms with E-state index in [0.717, 1.165) is 50.9 Å². The molecule has 2 aromatic heterocycles. The summed E-state index contributed by atoms with van der Waals surface area (Å²) in [4.78, 5) is 4.61. The summed E-state index contributed by atoms with van der Waals surface area (Å²) < 4.78 is 7.18. The lowest BCUT2D eigenvalue weighted by Gasteiger charge is -2.06. The number of halogens is 1. The maximum absolute atomic E-state index is 6.05. The van der Waals surface area contributed by atoms with Crippen LogP contribution in [0, 0.1) is 0 Å². The molecule has 0 bridgehead atoms. The average Bonchev–Trinajstić information content (AvgIpc) is 3.07. The van der Waals surface area contributed by atoms with Crippen molar-refractivity contribution in [3.8, 4) is 28.1 Å². The lowest BCUT2D eigenvalue weighted by molar-refractivity contribution is 0.415. The summed E-state index contributed by atoms with van der Waals surface area (Å²) in [6.07, 6.45) is 2.65. The SMILES string of the molecule is CCc1nn2c(-c3ccc(OC)cc3)ccnc2c1-c1ccc(Cl)cc1. The van der Waals surface area contributed by atoms with Crippen molar-refractivity contribution in [2.24, 2.45) is 0 Å². The second-order valence-electron chi connectivity index (χ2n) is 5.98. The van der Waals surface area contributed by atoms with Gasteiger partial charge in [0.05, 0.1) is 18.5 Å². The lowest BCUT2D eigenvalue weighted by atomic mass is 10.0. The highest BCUT2D eigenvalue weighted by Crippen LogP contribution is 2.31. The molecule has 0 saturated heterocycles. The Kier molecular flexibility index (Phi) is 4.35. The zero-order valence-electron chi connectivity index (χ0n) is 14.6. The molecule has 4 nitrogen and oxygen atoms in total. The summed E-state index contributed by atoms with van der Waals surface area (Å²) in [6.45, 7) is 2.11. The third-order valence-electron chi connectivity index (χ3n) is 4.44. The maximum Gasteiger partial charge on any atom is 0.163 e. The topological polar surface area (TPSA) is 39.4 Å². The highest BCUT2D eigenvalue weighted by atomic mass is 35.5. The fourth-order valence-electron chi connectivity index (χ4n) is 3.13. The van der Waals surface area contributed by atoms with E-state index in [9.17, 15) is 0 Å². The van der Waals surface area contributed by atoms with Crippen molar-refractivity contribution in [2.45, 2.75) is 13.3 Å². The van der Waals surface area contributed by atoms with Gasteiger partial charge in [0.2, 0.25) is 0 Å². The largest absolute Gasteiger partial charge is 0.497 e. The van der Waals surface area contributed by atoms with Crippen molar-refractivity contribution >= 4 is 17.2 Å². The molecule has 130 valence electrons. The van der Waals surface area contributed by atoms with Crippen LogP contribution in [0.3, 0.4) is 0 Å². The average molecular weight is 364 g/mol. The van der Waals surface area contributed by atoms with Gasteiger partial charge in [-0.3, -0.25) is 0 Å². The first-order chi connectivity index (χ1) is 12.7. The zero-order valence-corrected chi connectivity index (χ0v) is 15.4. The number of benzene rings is 2. The molecule has 4 rings (SSSR count). The molecular formula is C21H18ClN3O. The Hall–Kier alpha value is -2.85. The van der Waals surface area contributed by atoms with E-state index < -0.39 is 0 Å². The monoisotopic (exact) mass is 363 g/mol. The maximum atomic E-state index is 6.05. The number of nitrogens with zero attached hydrogens (tertiary/aromatic N) is 3. The fraction of sp³-hybridized carbons (Fsp3) is 0.143. The lowest BCUT2D eigenvalue weighted by Crippen LogP contribution is -1.96. The van der Waals surface area contributed by atoms with Gasteiger partial charge in [0, 0.05) is 22.3 Å². The summed E-state index contributed by atoms with van der Waals surface area (Å²) in [6, 6.07) is 17.8. The quantitative estimate of drug-likeness (QED) is 0.494. The molecule has 0 aliphatic rings. The van der Waals surface area contributed by atoms with Crippen LogP contribution >= 0.6 is 11.6 Å². The standard InChI is InChI=1S/C21H18ClN3O/c1-3-18-20(15-4-8-16(22)9-5-15)21-23-13-12-19(25(21)24-18)14-6-10-17(26-2)11-7-14/h4-13H,3H2,1-2H3. The van der Waals surface area contributed by atoms with Crippen LogP contribution in [-0.2, 0) is 6.42 Å². The van der Waals surface area contributed by atoms with E-state index in [-0.39, 0.29) is 0 Å². The Morgan fingerprint density at radius 2 is 1.65 bits per heavy atom. The van der Waals surface area contributed by atoms with Crippen LogP contribution in [-0.4, -0.2) is 21.7 Å². The molecule has 0 radical (unpaired) electrons. The number of ether oxygens (including phenoxy) is 1. The second kappa shape index (κ2) is 6.81. The number of aryl methyl sites for hydroxylation is 1. The van der Waals surface area contributed by atoms with E-state index in [2.05, 4.69) is 11.9 Å². The number of methoxy groups -OCH3 is 1. The van der Waals surface area contributed by atoms with Crippen LogP contribution in [0.25, 0.3) is 28.0 Å². The minimum atomic E-state index is 0.718. The molecule has 0 spiro atoms. The van der Waals surface area contributed by atoms with Crippen LogP contribution in [0.1, 0.15) is 12.6 Å². The summed E-state index contributed by atoms with van der Waals surface area (Å²) in [7, 11) is 1.67. The van der Waals surface area contributed by atoms with Gasteiger partial charge in [0.15, 0.2) is 5.65 Å². The second-order valence-corrected chi connectivity index (χ2v) is 6.41. The molecular weight excluding hydrogens is 346 g/mol. The number of rotatable bonds is 4. The van der Waals surface area contributed by atoms with Crippen molar-refractivity contribution in [3.63, 3.8) is 0 Å². The first-order valence-electron chi connectivity index (χ1n) is 8.48. The van der Waals surface area contributed by atoms with Gasteiger partial charge in [-0.15, -0.1) is 0 Å². The molecule has 0 aliphatic heterocycles. The van der Waals surface area contributed by atoms with E-state index >= 15 is 0 Å². The van der Waals surface area contributed by atoms with E-state index in [4.69, 9.17) is 21.4 Å². The Balaban J connectivity index is 1.93. The van der Waals surface area contributed by atoms with Crippen molar-refractivity contribution in [1.29, 1.82) is 0 Å². The third-order valence-corrected chi connectivity index (χ3v) is 4.70. The molecule has 2 aromatic carbocycles. The molecule has 26 heavy (non-hydrogen) atoms. The van der Waals surface area contributed by atoms with Gasteiger partial charge in [-0.25, -0.2) is 9.50 Å². The Morgan fingerprint density at radius 3 is 2.31 bits per heavy atom. The Labute approximate surface area is 157 Å². The summed E-state index contributed by atoms with van der Waals surface area (Å²) >= 11 is 6.05.